The quantitative estimate of drug-likeness (QED) is 0.788. The largest absolute Gasteiger partial charge is 0.452 e. The molecule has 0 spiro atoms. The smallest absolute Gasteiger partial charge is 0.340 e. The third-order valence-electron chi connectivity index (χ3n) is 2.96. The first-order chi connectivity index (χ1) is 10.9. The fourth-order valence-electron chi connectivity index (χ4n) is 1.78. The Morgan fingerprint density at radius 2 is 1.70 bits per heavy atom. The molecule has 0 unspecified atom stereocenters. The zero-order chi connectivity index (χ0) is 17.0. The highest BCUT2D eigenvalue weighted by Crippen LogP contribution is 2.22. The van der Waals surface area contributed by atoms with Gasteiger partial charge in [-0.2, -0.15) is 0 Å². The summed E-state index contributed by atoms with van der Waals surface area (Å²) in [7, 11) is 0. The first kappa shape index (κ1) is 17.6. The number of rotatable bonds is 4. The Balaban J connectivity index is 1.97. The predicted octanol–water partition coefficient (Wildman–Crippen LogP) is 4.75. The van der Waals surface area contributed by atoms with Gasteiger partial charge in [-0.3, -0.25) is 4.79 Å². The molecule has 120 valence electrons. The number of anilines is 1. The van der Waals surface area contributed by atoms with Crippen LogP contribution in [0.2, 0.25) is 15.1 Å². The molecule has 0 atom stereocenters. The molecule has 2 rings (SSSR count). The molecule has 7 heteroatoms. The van der Waals surface area contributed by atoms with Gasteiger partial charge in [0.2, 0.25) is 0 Å². The third kappa shape index (κ3) is 4.86. The summed E-state index contributed by atoms with van der Waals surface area (Å²) in [6, 6.07) is 9.52. The van der Waals surface area contributed by atoms with Gasteiger partial charge < -0.3 is 10.1 Å². The Kier molecular flexibility index (Phi) is 5.88. The molecule has 0 radical (unpaired) electrons. The van der Waals surface area contributed by atoms with Crippen molar-refractivity contribution in [2.75, 3.05) is 11.9 Å². The number of amides is 1. The summed E-state index contributed by atoms with van der Waals surface area (Å²) < 4.78 is 4.94. The summed E-state index contributed by atoms with van der Waals surface area (Å²) in [5.74, 6) is -1.21. The molecule has 0 fully saturated rings. The molecule has 23 heavy (non-hydrogen) atoms. The number of carbonyl (C=O) groups is 2. The van der Waals surface area contributed by atoms with Crippen LogP contribution in [-0.4, -0.2) is 18.5 Å². The van der Waals surface area contributed by atoms with Crippen molar-refractivity contribution in [3.8, 4) is 0 Å². The number of aryl methyl sites for hydroxylation is 1. The van der Waals surface area contributed by atoms with E-state index in [2.05, 4.69) is 5.32 Å². The topological polar surface area (TPSA) is 55.4 Å². The van der Waals surface area contributed by atoms with Gasteiger partial charge in [0, 0.05) is 15.7 Å². The zero-order valence-electron chi connectivity index (χ0n) is 12.0. The summed E-state index contributed by atoms with van der Waals surface area (Å²) in [6.45, 7) is 1.37. The van der Waals surface area contributed by atoms with Crippen LogP contribution in [0.5, 0.6) is 0 Å². The van der Waals surface area contributed by atoms with E-state index >= 15 is 0 Å². The second kappa shape index (κ2) is 7.68. The number of hydrogen-bond donors (Lipinski definition) is 1. The first-order valence-corrected chi connectivity index (χ1v) is 7.68. The fourth-order valence-corrected chi connectivity index (χ4v) is 2.32. The van der Waals surface area contributed by atoms with Crippen molar-refractivity contribution in [1.29, 1.82) is 0 Å². The van der Waals surface area contributed by atoms with E-state index < -0.39 is 18.5 Å². The molecule has 4 nitrogen and oxygen atoms in total. The molecule has 2 aromatic rings. The summed E-state index contributed by atoms with van der Waals surface area (Å²) in [5.41, 5.74) is 1.50. The minimum Gasteiger partial charge on any atom is -0.452 e. The van der Waals surface area contributed by atoms with E-state index in [4.69, 9.17) is 39.5 Å². The fraction of sp³-hybridized carbons (Fsp3) is 0.125. The Labute approximate surface area is 148 Å². The molecule has 0 aromatic heterocycles. The van der Waals surface area contributed by atoms with Gasteiger partial charge in [0.05, 0.1) is 10.6 Å². The first-order valence-electron chi connectivity index (χ1n) is 6.55. The Morgan fingerprint density at radius 3 is 2.43 bits per heavy atom. The van der Waals surface area contributed by atoms with Crippen LogP contribution in [0.15, 0.2) is 36.4 Å². The minimum atomic E-state index is -0.726. The second-order valence-corrected chi connectivity index (χ2v) is 5.99. The number of benzene rings is 2. The lowest BCUT2D eigenvalue weighted by Gasteiger charge is -2.10. The van der Waals surface area contributed by atoms with Crippen molar-refractivity contribution in [3.63, 3.8) is 0 Å². The van der Waals surface area contributed by atoms with E-state index in [1.54, 1.807) is 24.3 Å². The average Bonchev–Trinajstić information content (AvgIpc) is 2.51. The van der Waals surface area contributed by atoms with Crippen LogP contribution >= 0.6 is 34.8 Å². The van der Waals surface area contributed by atoms with E-state index in [1.807, 2.05) is 6.92 Å². The van der Waals surface area contributed by atoms with Gasteiger partial charge in [0.25, 0.3) is 5.91 Å². The van der Waals surface area contributed by atoms with E-state index in [-0.39, 0.29) is 10.6 Å². The molecule has 0 saturated carbocycles. The highest BCUT2D eigenvalue weighted by molar-refractivity contribution is 6.35. The maximum Gasteiger partial charge on any atom is 0.340 e. The number of esters is 1. The van der Waals surface area contributed by atoms with Crippen molar-refractivity contribution >= 4 is 52.4 Å². The van der Waals surface area contributed by atoms with Gasteiger partial charge in [0.15, 0.2) is 6.61 Å². The minimum absolute atomic E-state index is 0.103. The molecule has 0 bridgehead atoms. The van der Waals surface area contributed by atoms with Crippen molar-refractivity contribution in [2.24, 2.45) is 0 Å². The highest BCUT2D eigenvalue weighted by Gasteiger charge is 2.15. The maximum atomic E-state index is 11.9. The number of ether oxygens (including phenoxy) is 1. The van der Waals surface area contributed by atoms with E-state index in [1.165, 1.54) is 12.1 Å². The second-order valence-electron chi connectivity index (χ2n) is 4.71. The SMILES string of the molecule is Cc1ccc(Cl)cc1NC(=O)COC(=O)c1cc(Cl)ccc1Cl. The maximum absolute atomic E-state index is 11.9. The molecular weight excluding hydrogens is 361 g/mol. The van der Waals surface area contributed by atoms with Crippen LogP contribution in [0.25, 0.3) is 0 Å². The van der Waals surface area contributed by atoms with Crippen LogP contribution in [0.4, 0.5) is 5.69 Å². The number of carbonyl (C=O) groups excluding carboxylic acids is 2. The number of halogens is 3. The molecule has 1 N–H and O–H groups in total. The summed E-state index contributed by atoms with van der Waals surface area (Å²) in [4.78, 5) is 23.8. The lowest BCUT2D eigenvalue weighted by Crippen LogP contribution is -2.21. The van der Waals surface area contributed by atoms with Crippen LogP contribution in [-0.2, 0) is 9.53 Å². The highest BCUT2D eigenvalue weighted by atomic mass is 35.5. The van der Waals surface area contributed by atoms with Crippen molar-refractivity contribution in [3.05, 3.63) is 62.6 Å². The lowest BCUT2D eigenvalue weighted by atomic mass is 10.2. The monoisotopic (exact) mass is 371 g/mol. The molecular formula is C16H12Cl3NO3. The summed E-state index contributed by atoms with van der Waals surface area (Å²) >= 11 is 17.6. The van der Waals surface area contributed by atoms with Crippen LogP contribution in [0.1, 0.15) is 15.9 Å². The van der Waals surface area contributed by atoms with Gasteiger partial charge in [-0.05, 0) is 42.8 Å². The summed E-state index contributed by atoms with van der Waals surface area (Å²) in [6.07, 6.45) is 0. The van der Waals surface area contributed by atoms with Gasteiger partial charge in [-0.25, -0.2) is 4.79 Å². The molecule has 0 aliphatic carbocycles. The average molecular weight is 373 g/mol. The third-order valence-corrected chi connectivity index (χ3v) is 3.76. The van der Waals surface area contributed by atoms with Gasteiger partial charge in [0.1, 0.15) is 0 Å². The van der Waals surface area contributed by atoms with Crippen LogP contribution in [0, 0.1) is 6.92 Å². The Morgan fingerprint density at radius 1 is 1.04 bits per heavy atom. The molecule has 0 aliphatic heterocycles. The Bertz CT molecular complexity index is 762. The lowest BCUT2D eigenvalue weighted by molar-refractivity contribution is -0.119. The standard InChI is InChI=1S/C16H12Cl3NO3/c1-9-2-3-11(18)7-14(9)20-15(21)8-23-16(22)12-6-10(17)4-5-13(12)19/h2-7H,8H2,1H3,(H,20,21). The van der Waals surface area contributed by atoms with Gasteiger partial charge >= 0.3 is 5.97 Å². The number of hydrogen-bond acceptors (Lipinski definition) is 3. The molecule has 2 aromatic carbocycles. The predicted molar refractivity (Wildman–Crippen MR) is 91.6 cm³/mol. The molecule has 1 amide bonds. The van der Waals surface area contributed by atoms with Crippen molar-refractivity contribution in [2.45, 2.75) is 6.92 Å². The van der Waals surface area contributed by atoms with Gasteiger partial charge in [-0.1, -0.05) is 40.9 Å². The van der Waals surface area contributed by atoms with Gasteiger partial charge in [-0.15, -0.1) is 0 Å². The van der Waals surface area contributed by atoms with Crippen LogP contribution in [0.3, 0.4) is 0 Å². The van der Waals surface area contributed by atoms with E-state index in [0.29, 0.717) is 15.7 Å². The Hall–Kier alpha value is -1.75. The normalized spacial score (nSPS) is 10.3. The van der Waals surface area contributed by atoms with E-state index in [0.717, 1.165) is 5.56 Å². The summed E-state index contributed by atoms with van der Waals surface area (Å²) in [5, 5.41) is 3.67. The van der Waals surface area contributed by atoms with E-state index in [9.17, 15) is 9.59 Å². The number of nitrogens with one attached hydrogen (secondary N) is 1. The molecule has 0 aliphatic rings. The van der Waals surface area contributed by atoms with Crippen LogP contribution < -0.4 is 5.32 Å². The van der Waals surface area contributed by atoms with Crippen molar-refractivity contribution in [1.82, 2.24) is 0 Å². The molecule has 0 heterocycles. The van der Waals surface area contributed by atoms with Crippen molar-refractivity contribution < 1.29 is 14.3 Å². The zero-order valence-corrected chi connectivity index (χ0v) is 14.3. The molecule has 0 saturated heterocycles.